The molecule has 26 heavy (non-hydrogen) atoms. The zero-order valence-electron chi connectivity index (χ0n) is 15.4. The van der Waals surface area contributed by atoms with Gasteiger partial charge < -0.3 is 14.4 Å². The van der Waals surface area contributed by atoms with Gasteiger partial charge >= 0.3 is 5.97 Å². The number of aliphatic carboxylic acids is 1. The minimum atomic E-state index is -0.689. The lowest BCUT2D eigenvalue weighted by molar-refractivity contribution is -0.143. The van der Waals surface area contributed by atoms with Gasteiger partial charge in [0.15, 0.2) is 5.76 Å². The van der Waals surface area contributed by atoms with E-state index in [4.69, 9.17) is 14.4 Å². The number of piperidine rings is 1. The number of rotatable bonds is 7. The fourth-order valence-electron chi connectivity index (χ4n) is 3.47. The highest BCUT2D eigenvalue weighted by Gasteiger charge is 2.25. The van der Waals surface area contributed by atoms with E-state index in [1.54, 1.807) is 7.11 Å². The molecule has 0 radical (unpaired) electrons. The highest BCUT2D eigenvalue weighted by Crippen LogP contribution is 2.31. The summed E-state index contributed by atoms with van der Waals surface area (Å²) < 4.78 is 11.0. The van der Waals surface area contributed by atoms with Crippen molar-refractivity contribution < 1.29 is 19.2 Å². The minimum Gasteiger partial charge on any atom is -0.496 e. The second-order valence-electron chi connectivity index (χ2n) is 6.85. The summed E-state index contributed by atoms with van der Waals surface area (Å²) >= 11 is 0. The second-order valence-corrected chi connectivity index (χ2v) is 6.85. The molecule has 1 aliphatic heterocycles. The summed E-state index contributed by atoms with van der Waals surface area (Å²) in [5.74, 6) is 0.663. The van der Waals surface area contributed by atoms with E-state index in [-0.39, 0.29) is 5.92 Å². The zero-order chi connectivity index (χ0) is 18.5. The number of aryl methyl sites for hydroxylation is 1. The number of ether oxygens (including phenoxy) is 1. The molecule has 1 aromatic heterocycles. The molecule has 0 unspecified atom stereocenters. The van der Waals surface area contributed by atoms with Crippen LogP contribution in [0.3, 0.4) is 0 Å². The van der Waals surface area contributed by atoms with Crippen molar-refractivity contribution >= 4 is 5.97 Å². The molecule has 1 aromatic carbocycles. The number of methoxy groups -OCH3 is 1. The quantitative estimate of drug-likeness (QED) is 0.815. The van der Waals surface area contributed by atoms with Crippen LogP contribution in [0.1, 0.15) is 37.5 Å². The summed E-state index contributed by atoms with van der Waals surface area (Å²) in [7, 11) is 1.66. The van der Waals surface area contributed by atoms with Crippen molar-refractivity contribution in [3.05, 3.63) is 35.6 Å². The lowest BCUT2D eigenvalue weighted by Crippen LogP contribution is -2.35. The van der Waals surface area contributed by atoms with Crippen LogP contribution < -0.4 is 4.74 Å². The molecule has 6 heteroatoms. The fourth-order valence-corrected chi connectivity index (χ4v) is 3.47. The first-order valence-corrected chi connectivity index (χ1v) is 9.18. The number of carboxylic acid groups (broad SMARTS) is 1. The topological polar surface area (TPSA) is 75.8 Å². The molecule has 0 spiro atoms. The summed E-state index contributed by atoms with van der Waals surface area (Å²) in [5, 5.41) is 13.3. The van der Waals surface area contributed by atoms with E-state index in [1.807, 2.05) is 12.1 Å². The third kappa shape index (κ3) is 4.25. The van der Waals surface area contributed by atoms with Gasteiger partial charge in [0.05, 0.1) is 19.6 Å². The fraction of sp³-hybridized carbons (Fsp3) is 0.500. The van der Waals surface area contributed by atoms with E-state index in [1.165, 1.54) is 5.56 Å². The Hall–Kier alpha value is -2.34. The van der Waals surface area contributed by atoms with E-state index in [0.717, 1.165) is 48.7 Å². The van der Waals surface area contributed by atoms with Crippen LogP contribution in [-0.4, -0.2) is 41.3 Å². The van der Waals surface area contributed by atoms with Gasteiger partial charge in [0, 0.05) is 11.6 Å². The van der Waals surface area contributed by atoms with E-state index in [2.05, 4.69) is 29.1 Å². The molecule has 2 aromatic rings. The maximum absolute atomic E-state index is 11.1. The molecule has 1 N–H and O–H groups in total. The maximum Gasteiger partial charge on any atom is 0.306 e. The Labute approximate surface area is 153 Å². The molecule has 1 saturated heterocycles. The highest BCUT2D eigenvalue weighted by atomic mass is 16.5. The van der Waals surface area contributed by atoms with Crippen molar-refractivity contribution in [3.8, 4) is 17.0 Å². The van der Waals surface area contributed by atoms with Crippen molar-refractivity contribution in [2.45, 2.75) is 39.2 Å². The van der Waals surface area contributed by atoms with Crippen molar-refractivity contribution in [2.24, 2.45) is 5.92 Å². The summed E-state index contributed by atoms with van der Waals surface area (Å²) in [5.41, 5.74) is 2.97. The van der Waals surface area contributed by atoms with E-state index >= 15 is 0 Å². The third-order valence-electron chi connectivity index (χ3n) is 4.95. The lowest BCUT2D eigenvalue weighted by Gasteiger charge is -2.28. The molecule has 1 aliphatic rings. The Bertz CT molecular complexity index is 748. The first kappa shape index (κ1) is 18.5. The monoisotopic (exact) mass is 358 g/mol. The maximum atomic E-state index is 11.1. The zero-order valence-corrected chi connectivity index (χ0v) is 15.4. The molecule has 0 amide bonds. The molecular weight excluding hydrogens is 332 g/mol. The van der Waals surface area contributed by atoms with Crippen molar-refractivity contribution in [3.63, 3.8) is 0 Å². The molecular formula is C20H26N2O4. The van der Waals surface area contributed by atoms with Gasteiger partial charge in [0.25, 0.3) is 0 Å². The van der Waals surface area contributed by atoms with Crippen molar-refractivity contribution in [1.82, 2.24) is 10.1 Å². The Kier molecular flexibility index (Phi) is 5.93. The molecule has 0 atom stereocenters. The number of benzene rings is 1. The summed E-state index contributed by atoms with van der Waals surface area (Å²) in [4.78, 5) is 13.3. The highest BCUT2D eigenvalue weighted by molar-refractivity contribution is 5.70. The molecule has 0 aliphatic carbocycles. The summed E-state index contributed by atoms with van der Waals surface area (Å²) in [6, 6.07) is 8.13. The summed E-state index contributed by atoms with van der Waals surface area (Å²) in [6.07, 6.45) is 3.47. The minimum absolute atomic E-state index is 0.220. The molecule has 0 saturated carbocycles. The standard InChI is InChI=1S/C20H26N2O4/c1-3-4-14-5-6-19(25-2)17(11-14)18-12-16(26-21-18)13-22-9-7-15(8-10-22)20(23)24/h5-6,11-12,15H,3-4,7-10,13H2,1-2H3,(H,23,24). The van der Waals surface area contributed by atoms with Gasteiger partial charge in [-0.3, -0.25) is 9.69 Å². The molecule has 1 fully saturated rings. The van der Waals surface area contributed by atoms with Gasteiger partial charge in [-0.1, -0.05) is 24.6 Å². The van der Waals surface area contributed by atoms with Crippen molar-refractivity contribution in [1.29, 1.82) is 0 Å². The third-order valence-corrected chi connectivity index (χ3v) is 4.95. The molecule has 0 bridgehead atoms. The van der Waals surface area contributed by atoms with Gasteiger partial charge in [-0.15, -0.1) is 0 Å². The molecule has 3 rings (SSSR count). The molecule has 140 valence electrons. The van der Waals surface area contributed by atoms with Crippen LogP contribution >= 0.6 is 0 Å². The first-order chi connectivity index (χ1) is 12.6. The van der Waals surface area contributed by atoms with Gasteiger partial charge in [0.2, 0.25) is 0 Å². The van der Waals surface area contributed by atoms with Gasteiger partial charge in [0.1, 0.15) is 11.4 Å². The smallest absolute Gasteiger partial charge is 0.306 e. The van der Waals surface area contributed by atoms with Gasteiger partial charge in [-0.05, 0) is 50.0 Å². The number of hydrogen-bond acceptors (Lipinski definition) is 5. The van der Waals surface area contributed by atoms with Crippen LogP contribution in [0.15, 0.2) is 28.8 Å². The first-order valence-electron chi connectivity index (χ1n) is 9.18. The van der Waals surface area contributed by atoms with Crippen LogP contribution in [0.4, 0.5) is 0 Å². The van der Waals surface area contributed by atoms with E-state index < -0.39 is 5.97 Å². The largest absolute Gasteiger partial charge is 0.496 e. The molecule has 2 heterocycles. The predicted molar refractivity (Wildman–Crippen MR) is 98.1 cm³/mol. The normalized spacial score (nSPS) is 15.9. The van der Waals surface area contributed by atoms with Crippen molar-refractivity contribution in [2.75, 3.05) is 20.2 Å². The Morgan fingerprint density at radius 3 is 2.77 bits per heavy atom. The number of carbonyl (C=O) groups is 1. The predicted octanol–water partition coefficient (Wildman–Crippen LogP) is 3.60. The van der Waals surface area contributed by atoms with Crippen LogP contribution in [0.25, 0.3) is 11.3 Å². The number of aromatic nitrogens is 1. The van der Waals surface area contributed by atoms with Crippen LogP contribution in [0.2, 0.25) is 0 Å². The Morgan fingerprint density at radius 1 is 1.35 bits per heavy atom. The van der Waals surface area contributed by atoms with Crippen LogP contribution in [-0.2, 0) is 17.8 Å². The van der Waals surface area contributed by atoms with Crippen LogP contribution in [0.5, 0.6) is 5.75 Å². The van der Waals surface area contributed by atoms with E-state index in [9.17, 15) is 4.79 Å². The van der Waals surface area contributed by atoms with Gasteiger partial charge in [-0.25, -0.2) is 0 Å². The number of nitrogens with zero attached hydrogens (tertiary/aromatic N) is 2. The number of carboxylic acids is 1. The lowest BCUT2D eigenvalue weighted by atomic mass is 9.97. The number of likely N-dealkylation sites (tertiary alicyclic amines) is 1. The number of hydrogen-bond donors (Lipinski definition) is 1. The van der Waals surface area contributed by atoms with Crippen LogP contribution in [0, 0.1) is 5.92 Å². The average Bonchev–Trinajstić information content (AvgIpc) is 3.11. The van der Waals surface area contributed by atoms with Gasteiger partial charge in [-0.2, -0.15) is 0 Å². The second kappa shape index (κ2) is 8.36. The SMILES string of the molecule is CCCc1ccc(OC)c(-c2cc(CN3CCC(C(=O)O)CC3)on2)c1. The average molecular weight is 358 g/mol. The van der Waals surface area contributed by atoms with E-state index in [0.29, 0.717) is 19.4 Å². The Balaban J connectivity index is 1.70. The molecule has 6 nitrogen and oxygen atoms in total. The Morgan fingerprint density at radius 2 is 2.12 bits per heavy atom. The summed E-state index contributed by atoms with van der Waals surface area (Å²) in [6.45, 7) is 4.34.